The van der Waals surface area contributed by atoms with E-state index in [0.717, 1.165) is 5.69 Å². The lowest BCUT2D eigenvalue weighted by molar-refractivity contribution is 0.129. The SMILES string of the molecule is CC(C)OC(=O)Nc1nnc2c(Nc3ccc(F)cc3)nccn12.CCOC(=O)N=C=S.CCOC(=O)NC(=S)NCc1nccnc1Cl.CCOC(=O)Nc1nnc2c(Cl)nccn12.CNc1ccc(F)cc1.ClC(Cl)Cl.Clc1nccnc1Cl.NNc1nccnc1Cl.Nc1nnc2c(Nc3ccc(F)cc3)nccn12. The number of thiocarbonyl (C=S) groups is 2. The Morgan fingerprint density at radius 3 is 1.39 bits per heavy atom. The second kappa shape index (κ2) is 51.9. The van der Waals surface area contributed by atoms with Gasteiger partial charge in [0.25, 0.3) is 0 Å². The van der Waals surface area contributed by atoms with E-state index in [-0.39, 0.29) is 86.9 Å². The molecule has 0 saturated heterocycles. The maximum Gasteiger partial charge on any atom is 0.442 e. The van der Waals surface area contributed by atoms with Crippen LogP contribution in [0.3, 0.4) is 0 Å². The number of nitrogens with one attached hydrogen (secondary N) is 8. The number of nitrogen functional groups attached to an aromatic ring is 2. The molecule has 0 unspecified atom stereocenters. The molecule has 12 aromatic rings. The van der Waals surface area contributed by atoms with Crippen LogP contribution in [0.15, 0.2) is 152 Å². The van der Waals surface area contributed by atoms with Crippen molar-refractivity contribution in [3.63, 3.8) is 0 Å². The Morgan fingerprint density at radius 2 is 0.929 bits per heavy atom. The third kappa shape index (κ3) is 35.7. The smallest absolute Gasteiger partial charge is 0.442 e. The fourth-order valence-corrected chi connectivity index (χ4v) is 8.17. The fraction of sp³-hybridized carbons (Fsp3) is 0.190. The number of alkyl halides is 3. The molecule has 12 rings (SSSR count). The van der Waals surface area contributed by atoms with Gasteiger partial charge in [-0.3, -0.25) is 34.1 Å². The van der Waals surface area contributed by atoms with Gasteiger partial charge in [-0.2, -0.15) is 0 Å². The number of hydrogen-bond donors (Lipinski definition) is 10. The molecule has 12 N–H and O–H groups in total. The fourth-order valence-electron chi connectivity index (χ4n) is 7.21. The zero-order valence-electron chi connectivity index (χ0n) is 59.2. The number of amides is 4. The van der Waals surface area contributed by atoms with E-state index in [4.69, 9.17) is 126 Å². The number of nitrogens with zero attached hydrogens (tertiary/aromatic N) is 19. The number of aromatic nitrogens is 18. The number of fused-ring (bicyclic) bond motifs is 3. The van der Waals surface area contributed by atoms with E-state index in [0.29, 0.717) is 63.2 Å². The lowest BCUT2D eigenvalue weighted by Gasteiger charge is -2.09. The average molecular weight is 1760 g/mol. The minimum absolute atomic E-state index is 0.144. The molecule has 50 heteroatoms. The molecule has 113 heavy (non-hydrogen) atoms. The van der Waals surface area contributed by atoms with Crippen LogP contribution in [0.1, 0.15) is 40.3 Å². The monoisotopic (exact) mass is 1760 g/mol. The van der Waals surface area contributed by atoms with Crippen LogP contribution in [0, 0.1) is 17.5 Å². The second-order valence-electron chi connectivity index (χ2n) is 19.9. The van der Waals surface area contributed by atoms with Crippen molar-refractivity contribution in [2.24, 2.45) is 10.8 Å². The van der Waals surface area contributed by atoms with Crippen LogP contribution >= 0.6 is 117 Å². The van der Waals surface area contributed by atoms with Gasteiger partial charge >= 0.3 is 24.4 Å². The van der Waals surface area contributed by atoms with Gasteiger partial charge in [0.1, 0.15) is 17.5 Å². The van der Waals surface area contributed by atoms with Crippen LogP contribution in [-0.2, 0) is 25.5 Å². The molecule has 0 radical (unpaired) electrons. The summed E-state index contributed by atoms with van der Waals surface area (Å²) < 4.78 is 60.6. The van der Waals surface area contributed by atoms with Crippen molar-refractivity contribution >= 4 is 221 Å². The van der Waals surface area contributed by atoms with E-state index in [9.17, 15) is 32.3 Å². The van der Waals surface area contributed by atoms with Crippen molar-refractivity contribution < 1.29 is 51.3 Å². The molecule has 9 aromatic heterocycles. The molecule has 0 aliphatic carbocycles. The van der Waals surface area contributed by atoms with Gasteiger partial charge in [-0.05, 0) is 132 Å². The minimum atomic E-state index is -0.750. The number of carbonyl (C=O) groups excluding carboxylic acids is 4. The topological polar surface area (TPSA) is 472 Å². The molecule has 0 bridgehead atoms. The molecule has 0 atom stereocenters. The van der Waals surface area contributed by atoms with Gasteiger partial charge in [-0.25, -0.2) is 78.1 Å². The Balaban J connectivity index is 0.000000278. The Morgan fingerprint density at radius 1 is 0.522 bits per heavy atom. The number of anilines is 9. The predicted molar refractivity (Wildman–Crippen MR) is 430 cm³/mol. The maximum absolute atomic E-state index is 13.0. The number of alkyl carbamates (subject to hydrolysis) is 1. The van der Waals surface area contributed by atoms with E-state index < -0.39 is 28.7 Å². The van der Waals surface area contributed by atoms with Crippen molar-refractivity contribution in [3.05, 3.63) is 196 Å². The maximum atomic E-state index is 13.0. The minimum Gasteiger partial charge on any atom is -0.450 e. The van der Waals surface area contributed by atoms with Crippen LogP contribution in [0.4, 0.5) is 84.7 Å². The summed E-state index contributed by atoms with van der Waals surface area (Å²) in [6, 6.07) is 18.0. The first kappa shape index (κ1) is 94.0. The van der Waals surface area contributed by atoms with E-state index in [2.05, 4.69) is 145 Å². The number of benzene rings is 3. The normalized spacial score (nSPS) is 9.84. The van der Waals surface area contributed by atoms with Crippen LogP contribution in [0.25, 0.3) is 16.9 Å². The summed E-state index contributed by atoms with van der Waals surface area (Å²) in [6.07, 6.45) is 15.7. The summed E-state index contributed by atoms with van der Waals surface area (Å²) in [7, 11) is 1.80. The Bertz CT molecular complexity index is 4980. The van der Waals surface area contributed by atoms with Crippen molar-refractivity contribution in [3.8, 4) is 0 Å². The number of hydrogen-bond acceptors (Lipinski definition) is 31. The zero-order valence-corrected chi connectivity index (χ0v) is 66.9. The quantitative estimate of drug-likeness (QED) is 0.0121. The lowest BCUT2D eigenvalue weighted by Crippen LogP contribution is -2.39. The van der Waals surface area contributed by atoms with Crippen molar-refractivity contribution in [1.82, 2.24) is 99.3 Å². The van der Waals surface area contributed by atoms with E-state index in [1.807, 2.05) is 5.16 Å². The third-order valence-electron chi connectivity index (χ3n) is 11.8. The summed E-state index contributed by atoms with van der Waals surface area (Å²) in [5, 5.41) is 45.4. The number of rotatable bonds is 14. The number of ether oxygens (including phenoxy) is 4. The highest BCUT2D eigenvalue weighted by atomic mass is 35.6. The van der Waals surface area contributed by atoms with E-state index in [1.54, 1.807) is 112 Å². The van der Waals surface area contributed by atoms with Gasteiger partial charge in [-0.15, -0.1) is 35.6 Å². The third-order valence-corrected chi connectivity index (χ3v) is 13.6. The van der Waals surface area contributed by atoms with Crippen molar-refractivity contribution in [2.75, 3.05) is 64.6 Å². The number of nitrogens with two attached hydrogens (primary N) is 2. The van der Waals surface area contributed by atoms with E-state index >= 15 is 0 Å². The van der Waals surface area contributed by atoms with Crippen LogP contribution < -0.4 is 54.2 Å². The molecule has 9 heterocycles. The largest absolute Gasteiger partial charge is 0.450 e. The molecule has 0 spiro atoms. The van der Waals surface area contributed by atoms with Gasteiger partial charge in [0, 0.05) is 98.5 Å². The summed E-state index contributed by atoms with van der Waals surface area (Å²) in [5.41, 5.74) is 12.0. The van der Waals surface area contributed by atoms with Crippen molar-refractivity contribution in [1.29, 1.82) is 0 Å². The van der Waals surface area contributed by atoms with Crippen LogP contribution in [0.5, 0.6) is 0 Å². The molecule has 0 aliphatic rings. The first-order chi connectivity index (χ1) is 54.1. The van der Waals surface area contributed by atoms with Gasteiger partial charge in [0.05, 0.1) is 43.3 Å². The molecular weight excluding hydrogens is 1700 g/mol. The molecule has 4 amide bonds. The van der Waals surface area contributed by atoms with Gasteiger partial charge < -0.3 is 51.4 Å². The Hall–Kier alpha value is -11.4. The second-order valence-corrected chi connectivity index (χ2v) is 24.2. The van der Waals surface area contributed by atoms with Crippen molar-refractivity contribution in [2.45, 2.75) is 51.6 Å². The molecular formula is C63H64Cl8F3N29O8S2. The number of halogens is 11. The number of hydrazine groups is 1. The van der Waals surface area contributed by atoms with E-state index in [1.165, 1.54) is 90.4 Å². The zero-order chi connectivity index (χ0) is 83.2. The Kier molecular flexibility index (Phi) is 43.2. The highest BCUT2D eigenvalue weighted by Crippen LogP contribution is 2.23. The number of isothiocyanates is 1. The summed E-state index contributed by atoms with van der Waals surface area (Å²) in [4.78, 5) is 81.8. The summed E-state index contributed by atoms with van der Waals surface area (Å²) in [5.74, 6) is 6.23. The molecule has 598 valence electrons. The molecule has 0 fully saturated rings. The van der Waals surface area contributed by atoms with Gasteiger partial charge in [0.15, 0.2) is 58.3 Å². The summed E-state index contributed by atoms with van der Waals surface area (Å²) >= 11 is 51.3. The van der Waals surface area contributed by atoms with Gasteiger partial charge in [-0.1, -0.05) is 92.8 Å². The first-order valence-corrected chi connectivity index (χ1v) is 35.4. The van der Waals surface area contributed by atoms with Crippen LogP contribution in [-0.4, -0.2) is 161 Å². The number of aliphatic imine (C=N–C) groups is 1. The molecule has 37 nitrogen and oxygen atoms in total. The number of carbonyl (C=O) groups is 4. The highest BCUT2D eigenvalue weighted by Gasteiger charge is 2.16. The predicted octanol–water partition coefficient (Wildman–Crippen LogP) is 14.4. The first-order valence-electron chi connectivity index (χ1n) is 31.4. The molecule has 0 aliphatic heterocycles. The molecule has 0 saturated carbocycles. The standard InChI is InChI=1S/C15H15FN6O2.C11H9FN6.C9H11ClN4O2S.C8H8ClN5O2.C7H8FN.C4H2Cl2N2.C4H5ClN4.C4H5NO2S.CHCl3/c1-9(2)24-15(23)19-14-21-20-13-12(17-7-8-22(13)14)18-11-5-3-10(16)4-6-11;12-7-1-3-8(4-2-7)15-9-10-16-17-11(13)18(10)6-5-14-9;1-2-16-9(15)14-8(17)13-5-6-7(10)12-4-3-11-6;1-2-16-8(15)11-7-13-12-6-5(9)10-3-4-14(6)7;1-9-7-4-2-6(8)3-5-7;5-3-4(6)8-2-1-7-3;5-3-4(9-6)8-2-1-7-3;1-2-7-4(6)5-3-8;2-1(3)4/h3-9H,1-2H3,(H,17,18)(H,19,21,23);1-6H,(H2,13,17)(H,14,15);3-4H,2,5H2,1H3,(H2,13,14,15,17);3-4H,2H2,1H3,(H,11,13,15);2-5,9H,1H3;1-2H;1-2H,6H2,(H,8,9);2H2,1H3;1H. The summed E-state index contributed by atoms with van der Waals surface area (Å²) in [6.45, 7) is 9.76. The lowest BCUT2D eigenvalue weighted by atomic mass is 10.3. The van der Waals surface area contributed by atoms with Crippen LogP contribution in [0.2, 0.25) is 25.8 Å². The molecule has 3 aromatic carbocycles. The highest BCUT2D eigenvalue weighted by molar-refractivity contribution is 7.80. The average Bonchev–Trinajstić information content (AvgIpc) is 1.69. The Labute approximate surface area is 690 Å². The van der Waals surface area contributed by atoms with Gasteiger partial charge in [0.2, 0.25) is 29.1 Å².